The van der Waals surface area contributed by atoms with Crippen LogP contribution in [0.2, 0.25) is 0 Å². The maximum absolute atomic E-state index is 5.69. The van der Waals surface area contributed by atoms with E-state index in [1.165, 1.54) is 10.4 Å². The smallest absolute Gasteiger partial charge is 0.0674 e. The van der Waals surface area contributed by atoms with E-state index in [0.717, 1.165) is 39.3 Å². The molecule has 5 nitrogen and oxygen atoms in total. The lowest BCUT2D eigenvalue weighted by Gasteiger charge is -2.37. The molecule has 6 heteroatoms. The van der Waals surface area contributed by atoms with Crippen LogP contribution in [0.5, 0.6) is 0 Å². The molecule has 1 N–H and O–H groups in total. The summed E-state index contributed by atoms with van der Waals surface area (Å²) in [7, 11) is 0. The number of hydrogen-bond donors (Lipinski definition) is 1. The number of aryl methyl sites for hydroxylation is 1. The number of ether oxygens (including phenoxy) is 1. The zero-order valence-corrected chi connectivity index (χ0v) is 14.8. The molecule has 1 aliphatic rings. The minimum atomic E-state index is 0.314. The first-order chi connectivity index (χ1) is 11.3. The highest BCUT2D eigenvalue weighted by Crippen LogP contribution is 2.26. The van der Waals surface area contributed by atoms with E-state index in [9.17, 15) is 0 Å². The molecule has 2 unspecified atom stereocenters. The van der Waals surface area contributed by atoms with Crippen molar-refractivity contribution in [3.05, 3.63) is 40.3 Å². The lowest BCUT2D eigenvalue weighted by molar-refractivity contribution is -0.0339. The Morgan fingerprint density at radius 1 is 1.52 bits per heavy atom. The molecule has 0 spiro atoms. The van der Waals surface area contributed by atoms with E-state index in [2.05, 4.69) is 52.9 Å². The summed E-state index contributed by atoms with van der Waals surface area (Å²) in [6.07, 6.45) is 4.38. The second-order valence-corrected chi connectivity index (χ2v) is 7.02. The Bertz CT molecular complexity index is 583. The van der Waals surface area contributed by atoms with Gasteiger partial charge in [0.1, 0.15) is 0 Å². The van der Waals surface area contributed by atoms with Crippen molar-refractivity contribution < 1.29 is 4.74 Å². The number of hydrogen-bond acceptors (Lipinski definition) is 5. The van der Waals surface area contributed by atoms with Gasteiger partial charge in [0.05, 0.1) is 24.9 Å². The first kappa shape index (κ1) is 16.6. The molecule has 0 aromatic carbocycles. The van der Waals surface area contributed by atoms with Crippen molar-refractivity contribution in [3.8, 4) is 0 Å². The highest BCUT2D eigenvalue weighted by molar-refractivity contribution is 7.10. The molecule has 0 saturated carbocycles. The van der Waals surface area contributed by atoms with Gasteiger partial charge in [-0.1, -0.05) is 6.07 Å². The summed E-state index contributed by atoms with van der Waals surface area (Å²) in [5.41, 5.74) is 1.24. The number of rotatable bonds is 7. The predicted octanol–water partition coefficient (Wildman–Crippen LogP) is 2.52. The largest absolute Gasteiger partial charge is 0.376 e. The van der Waals surface area contributed by atoms with Gasteiger partial charge >= 0.3 is 0 Å². The van der Waals surface area contributed by atoms with Gasteiger partial charge in [-0.2, -0.15) is 5.10 Å². The van der Waals surface area contributed by atoms with Crippen molar-refractivity contribution in [2.45, 2.75) is 39.1 Å². The van der Waals surface area contributed by atoms with Gasteiger partial charge in [-0.25, -0.2) is 0 Å². The van der Waals surface area contributed by atoms with Crippen LogP contribution in [0, 0.1) is 0 Å². The van der Waals surface area contributed by atoms with E-state index in [1.54, 1.807) is 0 Å². The third kappa shape index (κ3) is 4.41. The lowest BCUT2D eigenvalue weighted by atomic mass is 10.1. The maximum atomic E-state index is 5.69. The number of nitrogens with zero attached hydrogens (tertiary/aromatic N) is 3. The Morgan fingerprint density at radius 3 is 3.13 bits per heavy atom. The molecule has 2 aromatic heterocycles. The summed E-state index contributed by atoms with van der Waals surface area (Å²) in [5.74, 6) is 0. The average Bonchev–Trinajstić information content (AvgIpc) is 3.23. The topological polar surface area (TPSA) is 42.3 Å². The van der Waals surface area contributed by atoms with Gasteiger partial charge in [0, 0.05) is 49.4 Å². The van der Waals surface area contributed by atoms with Crippen LogP contribution in [0.1, 0.15) is 30.3 Å². The second kappa shape index (κ2) is 8.06. The summed E-state index contributed by atoms with van der Waals surface area (Å²) >= 11 is 1.84. The van der Waals surface area contributed by atoms with Crippen molar-refractivity contribution in [1.29, 1.82) is 0 Å². The Kier molecular flexibility index (Phi) is 5.83. The number of aromatic nitrogens is 2. The van der Waals surface area contributed by atoms with Crippen molar-refractivity contribution in [3.63, 3.8) is 0 Å². The van der Waals surface area contributed by atoms with Crippen LogP contribution in [0.4, 0.5) is 0 Å². The van der Waals surface area contributed by atoms with Gasteiger partial charge in [-0.05, 0) is 25.3 Å². The normalized spacial score (nSPS) is 20.7. The number of thiophene rings is 1. The van der Waals surface area contributed by atoms with Crippen LogP contribution in [0.25, 0.3) is 0 Å². The quantitative estimate of drug-likeness (QED) is 0.845. The van der Waals surface area contributed by atoms with Crippen LogP contribution in [0.3, 0.4) is 0 Å². The van der Waals surface area contributed by atoms with Crippen molar-refractivity contribution in [2.24, 2.45) is 0 Å². The SMILES string of the molecule is CCn1cc(CNCC(c2cccs2)N2CCOC(C)C2)cn1. The molecule has 0 amide bonds. The highest BCUT2D eigenvalue weighted by atomic mass is 32.1. The van der Waals surface area contributed by atoms with Crippen LogP contribution in [0.15, 0.2) is 29.9 Å². The fourth-order valence-electron chi connectivity index (χ4n) is 3.04. The summed E-state index contributed by atoms with van der Waals surface area (Å²) in [6.45, 7) is 9.82. The Labute approximate surface area is 142 Å². The van der Waals surface area contributed by atoms with Gasteiger partial charge in [0.2, 0.25) is 0 Å². The molecular formula is C17H26N4OS. The second-order valence-electron chi connectivity index (χ2n) is 6.04. The average molecular weight is 334 g/mol. The summed E-state index contributed by atoms with van der Waals surface area (Å²) in [4.78, 5) is 3.97. The third-order valence-electron chi connectivity index (χ3n) is 4.26. The lowest BCUT2D eigenvalue weighted by Crippen LogP contribution is -2.45. The Morgan fingerprint density at radius 2 is 2.43 bits per heavy atom. The van der Waals surface area contributed by atoms with Crippen LogP contribution >= 0.6 is 11.3 Å². The molecule has 2 atom stereocenters. The molecule has 0 aliphatic carbocycles. The van der Waals surface area contributed by atoms with Gasteiger partial charge in [0.25, 0.3) is 0 Å². The molecule has 3 heterocycles. The zero-order valence-electron chi connectivity index (χ0n) is 13.9. The van der Waals surface area contributed by atoms with Crippen LogP contribution in [-0.4, -0.2) is 47.0 Å². The Balaban J connectivity index is 1.60. The fraction of sp³-hybridized carbons (Fsp3) is 0.588. The molecule has 23 heavy (non-hydrogen) atoms. The molecule has 126 valence electrons. The van der Waals surface area contributed by atoms with E-state index in [0.29, 0.717) is 12.1 Å². The molecule has 1 aliphatic heterocycles. The van der Waals surface area contributed by atoms with Gasteiger partial charge in [-0.3, -0.25) is 9.58 Å². The van der Waals surface area contributed by atoms with Crippen molar-refractivity contribution >= 4 is 11.3 Å². The highest BCUT2D eigenvalue weighted by Gasteiger charge is 2.25. The fourth-order valence-corrected chi connectivity index (χ4v) is 3.90. The van der Waals surface area contributed by atoms with E-state index >= 15 is 0 Å². The molecular weight excluding hydrogens is 308 g/mol. The van der Waals surface area contributed by atoms with E-state index in [1.807, 2.05) is 22.2 Å². The standard InChI is InChI=1S/C17H26N4OS/c1-3-21-13-15(10-19-21)9-18-11-16(17-5-4-8-23-17)20-6-7-22-14(2)12-20/h4-5,8,10,13-14,16,18H,3,6-7,9,11-12H2,1-2H3. The van der Waals surface area contributed by atoms with E-state index in [4.69, 9.17) is 4.74 Å². The molecule has 1 saturated heterocycles. The van der Waals surface area contributed by atoms with E-state index < -0.39 is 0 Å². The molecule has 3 rings (SSSR count). The summed E-state index contributed by atoms with van der Waals surface area (Å²) < 4.78 is 7.66. The molecule has 1 fully saturated rings. The van der Waals surface area contributed by atoms with E-state index in [-0.39, 0.29) is 0 Å². The maximum Gasteiger partial charge on any atom is 0.0674 e. The summed E-state index contributed by atoms with van der Waals surface area (Å²) in [5, 5.41) is 10.1. The van der Waals surface area contributed by atoms with Crippen LogP contribution in [-0.2, 0) is 17.8 Å². The van der Waals surface area contributed by atoms with Gasteiger partial charge < -0.3 is 10.1 Å². The summed E-state index contributed by atoms with van der Waals surface area (Å²) in [6, 6.07) is 4.80. The monoisotopic (exact) mass is 334 g/mol. The van der Waals surface area contributed by atoms with Crippen molar-refractivity contribution in [2.75, 3.05) is 26.2 Å². The Hall–Kier alpha value is -1.21. The third-order valence-corrected chi connectivity index (χ3v) is 5.24. The number of nitrogens with one attached hydrogen (secondary N) is 1. The van der Waals surface area contributed by atoms with Gasteiger partial charge in [-0.15, -0.1) is 11.3 Å². The van der Waals surface area contributed by atoms with Crippen LogP contribution < -0.4 is 5.32 Å². The van der Waals surface area contributed by atoms with Crippen molar-refractivity contribution in [1.82, 2.24) is 20.0 Å². The predicted molar refractivity (Wildman–Crippen MR) is 93.7 cm³/mol. The first-order valence-electron chi connectivity index (χ1n) is 8.37. The zero-order chi connectivity index (χ0) is 16.1. The van der Waals surface area contributed by atoms with Gasteiger partial charge in [0.15, 0.2) is 0 Å². The molecule has 0 bridgehead atoms. The molecule has 0 radical (unpaired) electrons. The minimum Gasteiger partial charge on any atom is -0.376 e. The minimum absolute atomic E-state index is 0.314. The number of morpholine rings is 1. The first-order valence-corrected chi connectivity index (χ1v) is 9.25. The molecule has 2 aromatic rings.